The third-order valence-electron chi connectivity index (χ3n) is 23.7. The van der Waals surface area contributed by atoms with Crippen molar-refractivity contribution in [3.05, 3.63) is 108 Å². The van der Waals surface area contributed by atoms with Gasteiger partial charge in [-0.15, -0.1) is 0 Å². The van der Waals surface area contributed by atoms with Crippen LogP contribution in [-0.4, -0.2) is 300 Å². The molecule has 17 atom stereocenters. The van der Waals surface area contributed by atoms with E-state index in [-0.39, 0.29) is 113 Å². The van der Waals surface area contributed by atoms with Crippen molar-refractivity contribution in [3.8, 4) is 0 Å². The summed E-state index contributed by atoms with van der Waals surface area (Å²) in [6, 6.07) is -0.623. The first kappa shape index (κ1) is 117. The van der Waals surface area contributed by atoms with Gasteiger partial charge in [-0.05, 0) is 131 Å². The van der Waals surface area contributed by atoms with E-state index in [0.29, 0.717) is 49.4 Å². The van der Waals surface area contributed by atoms with Crippen LogP contribution in [0.1, 0.15) is 151 Å². The van der Waals surface area contributed by atoms with Gasteiger partial charge in [0.25, 0.3) is 0 Å². The fraction of sp³-hybridized carbons (Fsp3) is 0.537. The standard InChI is InChI=1S/C95H139N25O22S2/c1-46(2)32-59(96)80(127)115-71(45-144)88(135)111-64(28-29-73(97)123)83(130)110-63(26-18-30-100-95(98)99)82(129)112-65(33-47(3)4)81(128)104-43-76(126)117-77(49(7)8)91(138)119-79(52(11)122)92(139)114-69(37-55-40-103-62-25-17-14-22-58(55)62)93(140)120-31-19-27-72(120)89(136)105-41-74(124)108-67(35-53-38-101-60-23-15-12-20-56(53)60)84(131)113-66(34-48(5)6)86(133)118-78(51(10)121)90(137)106-42-75(125)109-68(36-54-39-102-61-24-16-13-21-57(54)61)85(132)116-70(44-143)87(134)107-50(9)94(141)142/h12-17,20-25,38-40,46-52,59,63-72,77-79,101-103,121-122,143-144H,18-19,26-37,41-45,96H2,1-11H3,(H2,97,123)(H,104,128)(H,105,136)(H,106,137)(H,107,134)(H,108,124)(H,109,125)(H,110,130)(H,111,135)(H,112,129)(H,113,131)(H,114,139)(H,115,127)(H,116,132)(H,117,126)(H,118,133)(H,119,138)(H,141,142)(H4,98,99,100)/t50-,51+,52+,59-,63-,64-,65-,66-,67-,68-,69-,70-,71-,72-,77-,78-,79-/m0/s1. The van der Waals surface area contributed by atoms with Crippen molar-refractivity contribution in [1.82, 2.24) is 110 Å². The van der Waals surface area contributed by atoms with Crippen molar-refractivity contribution in [2.24, 2.45) is 40.9 Å². The molecule has 49 heteroatoms. The minimum absolute atomic E-state index is 0.0262. The predicted molar refractivity (Wildman–Crippen MR) is 538 cm³/mol. The number of carboxylic acid groups (broad SMARTS) is 1. The lowest BCUT2D eigenvalue weighted by Crippen LogP contribution is -2.62. The first-order valence-corrected chi connectivity index (χ1v) is 49.0. The first-order valence-electron chi connectivity index (χ1n) is 47.7. The summed E-state index contributed by atoms with van der Waals surface area (Å²) in [4.78, 5) is 275. The lowest BCUT2D eigenvalue weighted by atomic mass is 10.00. The van der Waals surface area contributed by atoms with Crippen LogP contribution in [0.15, 0.2) is 91.4 Å². The van der Waals surface area contributed by atoms with Gasteiger partial charge in [-0.1, -0.05) is 110 Å². The second-order valence-electron chi connectivity index (χ2n) is 37.4. The van der Waals surface area contributed by atoms with Crippen LogP contribution in [-0.2, 0) is 110 Å². The number of thiol groups is 2. The molecule has 6 aromatic rings. The van der Waals surface area contributed by atoms with Crippen LogP contribution >= 0.6 is 25.3 Å². The van der Waals surface area contributed by atoms with E-state index in [9.17, 15) is 102 Å². The number of hydrogen-bond donors (Lipinski definition) is 29. The van der Waals surface area contributed by atoms with Crippen LogP contribution in [0, 0.1) is 29.1 Å². The minimum atomic E-state index is -1.85. The summed E-state index contributed by atoms with van der Waals surface area (Å²) in [5.74, 6) is -20.1. The number of aromatic amines is 3. The molecule has 7 rings (SSSR count). The number of aliphatic carboxylic acids is 1. The summed E-state index contributed by atoms with van der Waals surface area (Å²) in [5, 5.41) is 84.5. The number of carbonyl (C=O) groups is 19. The highest BCUT2D eigenvalue weighted by molar-refractivity contribution is 7.80. The predicted octanol–water partition coefficient (Wildman–Crippen LogP) is -3.82. The molecule has 144 heavy (non-hydrogen) atoms. The SMILES string of the molecule is CC(C)C[C@H](NC(=O)[C@H](CCCNC(=N)N)NC(=O)[C@H](CCC(N)=O)NC(=O)[C@H](CS)NC(=O)[C@@H](N)CC(C)C)C(=O)NCC(=O)N[C@H](C(=O)N[C@H](C(=O)N[C@@H](Cc1c[nH]c2ccccc12)C(=O)N1CCC[C@H]1C(=O)NCC(=O)N[C@@H](Cc1c[nH]c2ccccc12)C(=O)N[C@@H](CC(C)C)C(=O)N[C@H](C(=O)NCC(=O)N[C@@H](Cc1c[nH]c2ccccc12)C(=O)N[C@@H](CS)C(=O)N[C@@H](C)C(=O)O)[C@@H](C)O)[C@@H](C)O)C(C)C. The zero-order valence-electron chi connectivity index (χ0n) is 82.4. The highest BCUT2D eigenvalue weighted by Crippen LogP contribution is 2.26. The van der Waals surface area contributed by atoms with E-state index < -0.39 is 253 Å². The van der Waals surface area contributed by atoms with E-state index >= 15 is 4.79 Å². The number of fused-ring (bicyclic) bond motifs is 3. The quantitative estimate of drug-likeness (QED) is 0.00753. The highest BCUT2D eigenvalue weighted by atomic mass is 32.1. The van der Waals surface area contributed by atoms with Gasteiger partial charge >= 0.3 is 5.97 Å². The summed E-state index contributed by atoms with van der Waals surface area (Å²) >= 11 is 8.39. The summed E-state index contributed by atoms with van der Waals surface area (Å²) in [5.41, 5.74) is 20.6. The number of rotatable bonds is 58. The number of aliphatic hydroxyl groups is 2. The normalized spacial score (nSPS) is 15.8. The van der Waals surface area contributed by atoms with E-state index in [4.69, 9.17) is 22.6 Å². The number of nitrogens with two attached hydrogens (primary N) is 3. The molecule has 18 amide bonds. The van der Waals surface area contributed by atoms with Gasteiger partial charge in [-0.25, -0.2) is 0 Å². The molecule has 1 aliphatic heterocycles. The zero-order valence-corrected chi connectivity index (χ0v) is 84.2. The molecule has 0 bridgehead atoms. The number of H-pyrrole nitrogens is 3. The molecule has 788 valence electrons. The Morgan fingerprint density at radius 3 is 1.24 bits per heavy atom. The molecular formula is C95H139N25O22S2. The van der Waals surface area contributed by atoms with Gasteiger partial charge in [0.1, 0.15) is 84.6 Å². The number of carbonyl (C=O) groups excluding carboxylic acids is 18. The van der Waals surface area contributed by atoms with Crippen LogP contribution in [0.25, 0.3) is 32.7 Å². The van der Waals surface area contributed by atoms with E-state index in [1.54, 1.807) is 133 Å². The van der Waals surface area contributed by atoms with E-state index in [1.807, 2.05) is 13.8 Å². The van der Waals surface area contributed by atoms with E-state index in [2.05, 4.69) is 131 Å². The van der Waals surface area contributed by atoms with Gasteiger partial charge in [0.2, 0.25) is 106 Å². The van der Waals surface area contributed by atoms with Crippen molar-refractivity contribution < 1.29 is 106 Å². The lowest BCUT2D eigenvalue weighted by molar-refractivity contribution is -0.142. The molecule has 4 heterocycles. The Bertz CT molecular complexity index is 5530. The number of para-hydroxylation sites is 3. The maximum absolute atomic E-state index is 15.3. The van der Waals surface area contributed by atoms with Crippen molar-refractivity contribution in [3.63, 3.8) is 0 Å². The van der Waals surface area contributed by atoms with Gasteiger partial charge in [0.05, 0.1) is 37.9 Å². The molecule has 1 fully saturated rings. The van der Waals surface area contributed by atoms with Gasteiger partial charge < -0.3 is 143 Å². The van der Waals surface area contributed by atoms with Gasteiger partial charge in [-0.2, -0.15) is 25.3 Å². The molecule has 0 unspecified atom stereocenters. The van der Waals surface area contributed by atoms with Crippen molar-refractivity contribution >= 4 is 176 Å². The number of hydrogen-bond acceptors (Lipinski definition) is 25. The van der Waals surface area contributed by atoms with Crippen molar-refractivity contribution in [2.45, 2.75) is 256 Å². The molecular weight excluding hydrogens is 1910 g/mol. The highest BCUT2D eigenvalue weighted by Gasteiger charge is 2.43. The molecule has 30 N–H and O–H groups in total. The lowest BCUT2D eigenvalue weighted by Gasteiger charge is -2.31. The van der Waals surface area contributed by atoms with Crippen molar-refractivity contribution in [2.75, 3.05) is 44.2 Å². The third kappa shape index (κ3) is 36.2. The Kier molecular flexibility index (Phi) is 46.1. The molecule has 0 spiro atoms. The zero-order chi connectivity index (χ0) is 107. The largest absolute Gasteiger partial charge is 0.480 e. The van der Waals surface area contributed by atoms with Gasteiger partial charge in [-0.3, -0.25) is 96.5 Å². The number of benzene rings is 3. The molecule has 0 aliphatic carbocycles. The summed E-state index contributed by atoms with van der Waals surface area (Å²) in [6.07, 6.45) is 0.434. The Morgan fingerprint density at radius 1 is 0.417 bits per heavy atom. The second-order valence-corrected chi connectivity index (χ2v) is 38.1. The number of amides is 18. The van der Waals surface area contributed by atoms with Gasteiger partial charge in [0, 0.05) is 102 Å². The molecule has 0 saturated carbocycles. The molecule has 3 aromatic heterocycles. The van der Waals surface area contributed by atoms with Crippen LogP contribution in [0.4, 0.5) is 0 Å². The second kappa shape index (κ2) is 56.8. The minimum Gasteiger partial charge on any atom is -0.480 e. The average molecular weight is 2050 g/mol. The molecule has 1 aliphatic rings. The molecule has 47 nitrogen and oxygen atoms in total. The number of nitrogens with one attached hydrogen (secondary N) is 21. The van der Waals surface area contributed by atoms with Crippen LogP contribution in [0.3, 0.4) is 0 Å². The maximum Gasteiger partial charge on any atom is 0.325 e. The Labute approximate surface area is 843 Å². The summed E-state index contributed by atoms with van der Waals surface area (Å²) < 4.78 is 0. The van der Waals surface area contributed by atoms with Gasteiger partial charge in [0.15, 0.2) is 5.96 Å². The molecule has 3 aromatic carbocycles. The molecule has 1 saturated heterocycles. The topological polar surface area (TPSA) is 742 Å². The number of likely N-dealkylation sites (tertiary alicyclic amines) is 1. The molecule has 0 radical (unpaired) electrons. The van der Waals surface area contributed by atoms with Crippen LogP contribution in [0.2, 0.25) is 0 Å². The fourth-order valence-electron chi connectivity index (χ4n) is 16.1. The number of aromatic nitrogens is 3. The number of aliphatic hydroxyl groups excluding tert-OH is 2. The number of nitrogens with zero attached hydrogens (tertiary/aromatic N) is 1. The Hall–Kier alpha value is -13.9. The Balaban J connectivity index is 1.02. The first-order chi connectivity index (χ1) is 68.1. The van der Waals surface area contributed by atoms with Crippen LogP contribution in [0.5, 0.6) is 0 Å². The van der Waals surface area contributed by atoms with Crippen LogP contribution < -0.4 is 108 Å². The van der Waals surface area contributed by atoms with E-state index in [1.165, 1.54) is 25.7 Å². The average Bonchev–Trinajstić information content (AvgIpc) is 1.66. The van der Waals surface area contributed by atoms with E-state index in [0.717, 1.165) is 0 Å². The maximum atomic E-state index is 15.3. The Morgan fingerprint density at radius 2 is 0.792 bits per heavy atom. The smallest absolute Gasteiger partial charge is 0.325 e. The number of carboxylic acids is 1. The fourth-order valence-corrected chi connectivity index (χ4v) is 16.6. The van der Waals surface area contributed by atoms with Crippen molar-refractivity contribution in [1.29, 1.82) is 5.41 Å². The number of guanidine groups is 1. The number of primary amides is 1. The third-order valence-corrected chi connectivity index (χ3v) is 24.5. The summed E-state index contributed by atoms with van der Waals surface area (Å²) in [6.45, 7) is 14.8. The monoisotopic (exact) mass is 2050 g/mol. The summed E-state index contributed by atoms with van der Waals surface area (Å²) in [7, 11) is 0.